The van der Waals surface area contributed by atoms with Gasteiger partial charge in [0.2, 0.25) is 0 Å². The lowest BCUT2D eigenvalue weighted by Crippen LogP contribution is -2.40. The molecule has 3 N–H and O–H groups in total. The molecule has 2 amide bonds. The predicted octanol–water partition coefficient (Wildman–Crippen LogP) is 3.14. The lowest BCUT2D eigenvalue weighted by Gasteiger charge is -2.23. The summed E-state index contributed by atoms with van der Waals surface area (Å²) in [5, 5.41) is 7.76. The van der Waals surface area contributed by atoms with Gasteiger partial charge in [-0.05, 0) is 51.0 Å². The summed E-state index contributed by atoms with van der Waals surface area (Å²) in [7, 11) is 0. The van der Waals surface area contributed by atoms with Crippen LogP contribution in [0.4, 0.5) is 10.6 Å². The van der Waals surface area contributed by atoms with Gasteiger partial charge >= 0.3 is 6.03 Å². The number of nitrogens with one attached hydrogen (secondary N) is 1. The monoisotopic (exact) mass is 447 g/mol. The van der Waals surface area contributed by atoms with Crippen molar-refractivity contribution >= 4 is 11.8 Å². The summed E-state index contributed by atoms with van der Waals surface area (Å²) in [6.07, 6.45) is 5.16. The Bertz CT molecular complexity index is 1160. The lowest BCUT2D eigenvalue weighted by molar-refractivity contribution is 0.206. The molecule has 2 aliphatic rings. The summed E-state index contributed by atoms with van der Waals surface area (Å²) in [5.41, 5.74) is 9.76. The number of rotatable bonds is 5. The highest BCUT2D eigenvalue weighted by Crippen LogP contribution is 2.44. The molecule has 1 fully saturated rings. The number of hydrogen-bond acceptors (Lipinski definition) is 6. The van der Waals surface area contributed by atoms with E-state index in [0.29, 0.717) is 18.1 Å². The predicted molar refractivity (Wildman–Crippen MR) is 125 cm³/mol. The molecule has 0 aromatic carbocycles. The van der Waals surface area contributed by atoms with E-state index < -0.39 is 0 Å². The molecule has 0 aliphatic carbocycles. The number of pyridine rings is 2. The topological polar surface area (TPSA) is 111 Å². The van der Waals surface area contributed by atoms with E-state index >= 15 is 0 Å². The van der Waals surface area contributed by atoms with E-state index in [1.807, 2.05) is 43.0 Å². The minimum absolute atomic E-state index is 0.0131. The number of carbonyl (C=O) groups is 1. The van der Waals surface area contributed by atoms with Crippen molar-refractivity contribution in [2.45, 2.75) is 44.8 Å². The summed E-state index contributed by atoms with van der Waals surface area (Å²) in [6, 6.07) is 9.76. The number of anilines is 1. The average molecular weight is 448 g/mol. The van der Waals surface area contributed by atoms with E-state index in [2.05, 4.69) is 26.0 Å². The van der Waals surface area contributed by atoms with Crippen LogP contribution in [0.3, 0.4) is 0 Å². The second-order valence-corrected chi connectivity index (χ2v) is 8.80. The Morgan fingerprint density at radius 1 is 1.27 bits per heavy atom. The van der Waals surface area contributed by atoms with E-state index in [1.165, 1.54) is 5.69 Å². The number of ether oxygens (including phenoxy) is 1. The van der Waals surface area contributed by atoms with Gasteiger partial charge in [0.05, 0.1) is 11.4 Å². The van der Waals surface area contributed by atoms with Gasteiger partial charge in [-0.3, -0.25) is 9.67 Å². The highest BCUT2D eigenvalue weighted by Gasteiger charge is 2.46. The molecule has 3 aromatic heterocycles. The van der Waals surface area contributed by atoms with Gasteiger partial charge in [0.15, 0.2) is 11.6 Å². The number of amides is 2. The Hall–Kier alpha value is -3.62. The highest BCUT2D eigenvalue weighted by molar-refractivity contribution is 5.75. The highest BCUT2D eigenvalue weighted by atomic mass is 16.5. The maximum absolute atomic E-state index is 12.3. The quantitative estimate of drug-likeness (QED) is 0.622. The molecule has 3 aromatic rings. The number of nitrogen functional groups attached to an aromatic ring is 1. The van der Waals surface area contributed by atoms with Crippen LogP contribution in [-0.2, 0) is 12.0 Å². The minimum atomic E-state index is -0.264. The van der Waals surface area contributed by atoms with Gasteiger partial charge in [0.1, 0.15) is 6.10 Å². The normalized spacial score (nSPS) is 20.1. The van der Waals surface area contributed by atoms with Crippen molar-refractivity contribution in [2.24, 2.45) is 0 Å². The van der Waals surface area contributed by atoms with Crippen molar-refractivity contribution in [1.82, 2.24) is 30.0 Å². The van der Waals surface area contributed by atoms with Crippen LogP contribution in [0.5, 0.6) is 5.75 Å². The molecule has 5 rings (SSSR count). The van der Waals surface area contributed by atoms with E-state index in [4.69, 9.17) is 15.6 Å². The fourth-order valence-electron chi connectivity index (χ4n) is 4.88. The second kappa shape index (κ2) is 8.38. The SMILES string of the molecule is CCNC(=O)N1CC[C@@]2(CCn3nc(-c4cnc(N)c(OC(C)c5ccccn5)c4)cc32)C1. The first-order valence-corrected chi connectivity index (χ1v) is 11.4. The standard InChI is InChI=1S/C24H29N7O2/c1-3-26-23(32)30-10-7-24(15-30)8-11-31-21(24)13-19(29-31)17-12-20(22(25)28-14-17)33-16(2)18-6-4-5-9-27-18/h4-6,9,12-14,16H,3,7-8,10-11,15H2,1-2H3,(H2,25,28)(H,26,32)/t16?,24-/m1/s1. The Morgan fingerprint density at radius 3 is 2.91 bits per heavy atom. The van der Waals surface area contributed by atoms with Crippen LogP contribution in [0.2, 0.25) is 0 Å². The van der Waals surface area contributed by atoms with Crippen LogP contribution in [0.1, 0.15) is 44.2 Å². The number of aromatic nitrogens is 4. The number of nitrogens with two attached hydrogens (primary N) is 1. The van der Waals surface area contributed by atoms with E-state index in [-0.39, 0.29) is 17.6 Å². The third kappa shape index (κ3) is 3.88. The van der Waals surface area contributed by atoms with Crippen molar-refractivity contribution in [3.8, 4) is 17.0 Å². The average Bonchev–Trinajstić information content (AvgIpc) is 3.53. The molecule has 0 saturated carbocycles. The molecule has 9 nitrogen and oxygen atoms in total. The number of likely N-dealkylation sites (tertiary alicyclic amines) is 1. The van der Waals surface area contributed by atoms with Gasteiger partial charge in [-0.2, -0.15) is 5.10 Å². The van der Waals surface area contributed by atoms with Gasteiger partial charge in [-0.25, -0.2) is 9.78 Å². The van der Waals surface area contributed by atoms with Gasteiger partial charge in [-0.15, -0.1) is 0 Å². The van der Waals surface area contributed by atoms with Gasteiger partial charge in [0, 0.05) is 55.2 Å². The Kier molecular flexibility index (Phi) is 5.39. The third-order valence-corrected chi connectivity index (χ3v) is 6.68. The van der Waals surface area contributed by atoms with Crippen LogP contribution in [0, 0.1) is 0 Å². The summed E-state index contributed by atoms with van der Waals surface area (Å²) in [5.74, 6) is 0.843. The minimum Gasteiger partial charge on any atom is -0.481 e. The van der Waals surface area contributed by atoms with Crippen molar-refractivity contribution in [2.75, 3.05) is 25.4 Å². The van der Waals surface area contributed by atoms with E-state index in [1.54, 1.807) is 12.4 Å². The van der Waals surface area contributed by atoms with E-state index in [0.717, 1.165) is 49.4 Å². The number of aryl methyl sites for hydroxylation is 1. The molecule has 2 atom stereocenters. The molecule has 172 valence electrons. The molecule has 0 radical (unpaired) electrons. The fourth-order valence-corrected chi connectivity index (χ4v) is 4.88. The van der Waals surface area contributed by atoms with Crippen molar-refractivity contribution in [1.29, 1.82) is 0 Å². The zero-order valence-electron chi connectivity index (χ0n) is 19.0. The molecule has 1 saturated heterocycles. The first-order chi connectivity index (χ1) is 16.0. The summed E-state index contributed by atoms with van der Waals surface area (Å²) < 4.78 is 8.17. The van der Waals surface area contributed by atoms with Crippen molar-refractivity contribution < 1.29 is 9.53 Å². The van der Waals surface area contributed by atoms with Crippen molar-refractivity contribution in [3.63, 3.8) is 0 Å². The van der Waals surface area contributed by atoms with Crippen molar-refractivity contribution in [3.05, 3.63) is 54.1 Å². The maximum Gasteiger partial charge on any atom is 0.317 e. The zero-order chi connectivity index (χ0) is 23.0. The molecule has 0 bridgehead atoms. The molecular weight excluding hydrogens is 418 g/mol. The first-order valence-electron chi connectivity index (χ1n) is 11.4. The molecular formula is C24H29N7O2. The van der Waals surface area contributed by atoms with E-state index in [9.17, 15) is 4.79 Å². The summed E-state index contributed by atoms with van der Waals surface area (Å²) >= 11 is 0. The Labute approximate surface area is 193 Å². The van der Waals surface area contributed by atoms with Gasteiger partial charge < -0.3 is 20.7 Å². The molecule has 1 unspecified atom stereocenters. The second-order valence-electron chi connectivity index (χ2n) is 8.80. The van der Waals surface area contributed by atoms with Gasteiger partial charge in [0.25, 0.3) is 0 Å². The van der Waals surface area contributed by atoms with Crippen LogP contribution in [-0.4, -0.2) is 50.3 Å². The number of fused-ring (bicyclic) bond motifs is 2. The molecule has 2 aliphatic heterocycles. The number of carbonyl (C=O) groups excluding carboxylic acids is 1. The summed E-state index contributed by atoms with van der Waals surface area (Å²) in [6.45, 7) is 6.85. The first kappa shape index (κ1) is 21.2. The fraction of sp³-hybridized carbons (Fsp3) is 0.417. The van der Waals surface area contributed by atoms with Crippen LogP contribution >= 0.6 is 0 Å². The van der Waals surface area contributed by atoms with Crippen LogP contribution in [0.15, 0.2) is 42.7 Å². The molecule has 5 heterocycles. The molecule has 9 heteroatoms. The molecule has 33 heavy (non-hydrogen) atoms. The summed E-state index contributed by atoms with van der Waals surface area (Å²) in [4.78, 5) is 23.0. The lowest BCUT2D eigenvalue weighted by atomic mass is 9.82. The number of urea groups is 1. The van der Waals surface area contributed by atoms with Crippen LogP contribution in [0.25, 0.3) is 11.3 Å². The third-order valence-electron chi connectivity index (χ3n) is 6.68. The largest absolute Gasteiger partial charge is 0.481 e. The Morgan fingerprint density at radius 2 is 2.12 bits per heavy atom. The molecule has 1 spiro atoms. The van der Waals surface area contributed by atoms with Gasteiger partial charge in [-0.1, -0.05) is 6.07 Å². The maximum atomic E-state index is 12.3. The number of hydrogen-bond donors (Lipinski definition) is 2. The smallest absolute Gasteiger partial charge is 0.317 e. The zero-order valence-corrected chi connectivity index (χ0v) is 19.0. The Balaban J connectivity index is 1.38. The van der Waals surface area contributed by atoms with Crippen LogP contribution < -0.4 is 15.8 Å². The number of nitrogens with zero attached hydrogens (tertiary/aromatic N) is 5.